The number of allylic oxidation sites excluding steroid dienone is 9. The highest BCUT2D eigenvalue weighted by Gasteiger charge is 2.47. The van der Waals surface area contributed by atoms with Gasteiger partial charge in [-0.25, -0.2) is 0 Å². The van der Waals surface area contributed by atoms with Crippen molar-refractivity contribution in [2.75, 3.05) is 0 Å². The Labute approximate surface area is 89.8 Å². The number of aliphatic hydroxyl groups excluding tert-OH is 1. The van der Waals surface area contributed by atoms with Crippen LogP contribution in [0.4, 0.5) is 0 Å². The zero-order chi connectivity index (χ0) is 10.4. The topological polar surface area (TPSA) is 20.2 Å². The van der Waals surface area contributed by atoms with Crippen LogP contribution in [0.3, 0.4) is 0 Å². The molecule has 1 unspecified atom stereocenters. The Kier molecular flexibility index (Phi) is 1.68. The molecule has 1 nitrogen and oxygen atoms in total. The summed E-state index contributed by atoms with van der Waals surface area (Å²) in [5.74, 6) is 0. The van der Waals surface area contributed by atoms with Gasteiger partial charge < -0.3 is 5.11 Å². The van der Waals surface area contributed by atoms with E-state index in [1.54, 1.807) is 0 Å². The van der Waals surface area contributed by atoms with Gasteiger partial charge in [0.05, 0.1) is 6.10 Å². The summed E-state index contributed by atoms with van der Waals surface area (Å²) in [7, 11) is 0. The molecule has 76 valence electrons. The second-order valence-electron chi connectivity index (χ2n) is 4.54. The van der Waals surface area contributed by atoms with Crippen molar-refractivity contribution in [2.24, 2.45) is 10.8 Å². The van der Waals surface area contributed by atoms with Gasteiger partial charge in [0.25, 0.3) is 0 Å². The maximum atomic E-state index is 9.78. The Balaban J connectivity index is 2.21. The number of aliphatic hydroxyl groups is 1. The number of hydrogen-bond donors (Lipinski definition) is 1. The number of rotatable bonds is 0. The van der Waals surface area contributed by atoms with Crippen LogP contribution in [0.5, 0.6) is 0 Å². The molecule has 0 aromatic carbocycles. The highest BCUT2D eigenvalue weighted by molar-refractivity contribution is 5.45. The lowest BCUT2D eigenvalue weighted by atomic mass is 9.55. The van der Waals surface area contributed by atoms with Gasteiger partial charge in [-0.15, -0.1) is 0 Å². The van der Waals surface area contributed by atoms with E-state index in [-0.39, 0.29) is 16.9 Å². The Hall–Kier alpha value is -1.34. The van der Waals surface area contributed by atoms with Gasteiger partial charge in [0, 0.05) is 10.8 Å². The molecule has 0 radical (unpaired) electrons. The Morgan fingerprint density at radius 1 is 0.867 bits per heavy atom. The zero-order valence-electron chi connectivity index (χ0n) is 8.51. The monoisotopic (exact) mass is 198 g/mol. The highest BCUT2D eigenvalue weighted by Crippen LogP contribution is 2.54. The first kappa shape index (κ1) is 8.93. The lowest BCUT2D eigenvalue weighted by molar-refractivity contribution is 0.132. The third kappa shape index (κ3) is 1.07. The first-order valence-corrected chi connectivity index (χ1v) is 5.38. The summed E-state index contributed by atoms with van der Waals surface area (Å²) in [5.41, 5.74) is -0.0968. The summed E-state index contributed by atoms with van der Waals surface area (Å²) >= 11 is 0. The van der Waals surface area contributed by atoms with Crippen LogP contribution in [-0.2, 0) is 0 Å². The van der Waals surface area contributed by atoms with Crippen LogP contribution in [0.25, 0.3) is 0 Å². The van der Waals surface area contributed by atoms with Crippen LogP contribution >= 0.6 is 0 Å². The third-order valence-corrected chi connectivity index (χ3v) is 3.70. The molecular formula is C14H14O. The minimum absolute atomic E-state index is 0.0459. The van der Waals surface area contributed by atoms with Gasteiger partial charge in [-0.3, -0.25) is 0 Å². The van der Waals surface area contributed by atoms with E-state index in [2.05, 4.69) is 54.7 Å². The molecule has 1 atom stereocenters. The predicted octanol–water partition coefficient (Wildman–Crippen LogP) is 2.53. The van der Waals surface area contributed by atoms with Gasteiger partial charge in [0.2, 0.25) is 0 Å². The molecule has 0 aromatic rings. The first-order chi connectivity index (χ1) is 7.27. The van der Waals surface area contributed by atoms with E-state index >= 15 is 0 Å². The molecule has 0 amide bonds. The zero-order valence-corrected chi connectivity index (χ0v) is 8.51. The minimum Gasteiger partial charge on any atom is -0.389 e. The predicted molar refractivity (Wildman–Crippen MR) is 61.2 cm³/mol. The normalized spacial score (nSPS) is 45.3. The van der Waals surface area contributed by atoms with Gasteiger partial charge in [-0.1, -0.05) is 60.8 Å². The van der Waals surface area contributed by atoms with Crippen LogP contribution in [0.2, 0.25) is 0 Å². The van der Waals surface area contributed by atoms with Gasteiger partial charge in [-0.05, 0) is 6.42 Å². The van der Waals surface area contributed by atoms with E-state index in [1.165, 1.54) is 0 Å². The summed E-state index contributed by atoms with van der Waals surface area (Å²) in [6, 6.07) is 0. The quantitative estimate of drug-likeness (QED) is 0.593. The third-order valence-electron chi connectivity index (χ3n) is 3.70. The van der Waals surface area contributed by atoms with Crippen molar-refractivity contribution in [3.8, 4) is 0 Å². The molecule has 0 heterocycles. The Morgan fingerprint density at radius 2 is 1.47 bits per heavy atom. The molecular weight excluding hydrogens is 184 g/mol. The van der Waals surface area contributed by atoms with E-state index < -0.39 is 0 Å². The molecule has 15 heavy (non-hydrogen) atoms. The second kappa shape index (κ2) is 2.83. The molecule has 0 saturated heterocycles. The van der Waals surface area contributed by atoms with Crippen LogP contribution < -0.4 is 0 Å². The first-order valence-electron chi connectivity index (χ1n) is 5.38. The van der Waals surface area contributed by atoms with Crippen LogP contribution in [0, 0.1) is 10.8 Å². The molecule has 1 heteroatoms. The van der Waals surface area contributed by atoms with Gasteiger partial charge in [0.15, 0.2) is 0 Å². The average Bonchev–Trinajstić information content (AvgIpc) is 2.27. The molecule has 3 aliphatic rings. The lowest BCUT2D eigenvalue weighted by Gasteiger charge is -2.48. The lowest BCUT2D eigenvalue weighted by Crippen LogP contribution is -2.42. The summed E-state index contributed by atoms with van der Waals surface area (Å²) in [4.78, 5) is 0. The summed E-state index contributed by atoms with van der Waals surface area (Å²) < 4.78 is 0. The van der Waals surface area contributed by atoms with Crippen molar-refractivity contribution in [2.45, 2.75) is 12.5 Å². The molecule has 0 aromatic heterocycles. The van der Waals surface area contributed by atoms with Crippen molar-refractivity contribution in [3.05, 3.63) is 60.8 Å². The van der Waals surface area contributed by atoms with Gasteiger partial charge >= 0.3 is 0 Å². The smallest absolute Gasteiger partial charge is 0.0733 e. The Morgan fingerprint density at radius 3 is 2.13 bits per heavy atom. The van der Waals surface area contributed by atoms with E-state index in [0.717, 1.165) is 6.42 Å². The average molecular weight is 198 g/mol. The maximum Gasteiger partial charge on any atom is 0.0733 e. The summed E-state index contributed by atoms with van der Waals surface area (Å²) in [6.45, 7) is 0. The van der Waals surface area contributed by atoms with Crippen molar-refractivity contribution in [3.63, 3.8) is 0 Å². The molecule has 1 N–H and O–H groups in total. The van der Waals surface area contributed by atoms with E-state index in [0.29, 0.717) is 0 Å². The summed E-state index contributed by atoms with van der Waals surface area (Å²) in [6.07, 6.45) is 21.7. The molecule has 0 saturated carbocycles. The van der Waals surface area contributed by atoms with Crippen molar-refractivity contribution < 1.29 is 5.11 Å². The minimum atomic E-state index is -0.328. The second-order valence-corrected chi connectivity index (χ2v) is 4.54. The fourth-order valence-electron chi connectivity index (χ4n) is 2.86. The highest BCUT2D eigenvalue weighted by atomic mass is 16.3. The van der Waals surface area contributed by atoms with Crippen LogP contribution in [0.15, 0.2) is 60.8 Å². The SMILES string of the molecule is OC1C=CC23C=CC=CC2(C=CC=C3)C1. The summed E-state index contributed by atoms with van der Waals surface area (Å²) in [5, 5.41) is 9.78. The molecule has 3 rings (SSSR count). The van der Waals surface area contributed by atoms with E-state index in [4.69, 9.17) is 0 Å². The molecule has 3 aliphatic carbocycles. The van der Waals surface area contributed by atoms with Gasteiger partial charge in [0.1, 0.15) is 0 Å². The van der Waals surface area contributed by atoms with Crippen molar-refractivity contribution in [1.29, 1.82) is 0 Å². The molecule has 0 aliphatic heterocycles. The largest absolute Gasteiger partial charge is 0.389 e. The Bertz CT molecular complexity index is 397. The standard InChI is InChI=1S/C14H14O/c15-12-5-10-13-6-1-3-8-14(13,11-12)9-4-2-7-13/h1-10,12,15H,11H2. The fraction of sp³-hybridized carbons (Fsp3) is 0.286. The molecule has 0 fully saturated rings. The van der Waals surface area contributed by atoms with Gasteiger partial charge in [-0.2, -0.15) is 0 Å². The fourth-order valence-corrected chi connectivity index (χ4v) is 2.86. The van der Waals surface area contributed by atoms with Crippen molar-refractivity contribution >= 4 is 0 Å². The van der Waals surface area contributed by atoms with Crippen molar-refractivity contribution in [1.82, 2.24) is 0 Å². The van der Waals surface area contributed by atoms with E-state index in [9.17, 15) is 5.11 Å². The molecule has 0 spiro atoms. The van der Waals surface area contributed by atoms with E-state index in [1.807, 2.05) is 6.08 Å². The van der Waals surface area contributed by atoms with Crippen LogP contribution in [0.1, 0.15) is 6.42 Å². The maximum absolute atomic E-state index is 9.78. The van der Waals surface area contributed by atoms with Crippen LogP contribution in [-0.4, -0.2) is 11.2 Å². The number of hydrogen-bond acceptors (Lipinski definition) is 1. The molecule has 0 bridgehead atoms.